The fraction of sp³-hybridized carbons (Fsp3) is 0.514. The molecule has 0 saturated heterocycles. The lowest BCUT2D eigenvalue weighted by Crippen LogP contribution is -2.64. The molecular weight excluding hydrogens is 1400 g/mol. The van der Waals surface area contributed by atoms with E-state index < -0.39 is 57.4 Å². The zero-order valence-electron chi connectivity index (χ0n) is 57.7. The van der Waals surface area contributed by atoms with Gasteiger partial charge >= 0.3 is 18.1 Å². The lowest BCUT2D eigenvalue weighted by atomic mass is 9.39. The van der Waals surface area contributed by atoms with Crippen LogP contribution >= 0.6 is 27.3 Å². The van der Waals surface area contributed by atoms with Crippen LogP contribution in [0.3, 0.4) is 0 Å². The second-order valence-electron chi connectivity index (χ2n) is 28.8. The molecule has 4 bridgehead atoms. The van der Waals surface area contributed by atoms with Crippen molar-refractivity contribution in [3.8, 4) is 11.1 Å². The number of amides is 7. The molecule has 2 unspecified atom stereocenters. The summed E-state index contributed by atoms with van der Waals surface area (Å²) in [6.45, 7) is 11.6. The highest BCUT2D eigenvalue weighted by Gasteiger charge is 2.66. The molecule has 1 aliphatic heterocycles. The number of carbonyl (C=O) groups is 8. The van der Waals surface area contributed by atoms with Gasteiger partial charge in [-0.15, -0.1) is 0 Å². The van der Waals surface area contributed by atoms with Crippen LogP contribution in [0, 0.1) is 35.0 Å². The fourth-order valence-corrected chi connectivity index (χ4v) is 18.0. The molecule has 26 nitrogen and oxygen atoms in total. The van der Waals surface area contributed by atoms with E-state index in [9.17, 15) is 56.4 Å². The summed E-state index contributed by atoms with van der Waals surface area (Å²) in [5.41, 5.74) is 9.98. The third kappa shape index (κ3) is 19.4. The summed E-state index contributed by atoms with van der Waals surface area (Å²) in [6, 6.07) is 21.9. The first kappa shape index (κ1) is 75.3. The first-order valence-electron chi connectivity index (χ1n) is 34.4. The molecule has 6 aromatic rings. The average Bonchev–Trinajstić information content (AvgIpc) is 0.834. The number of alkyl halides is 1. The number of primary amides is 1. The van der Waals surface area contributed by atoms with Gasteiger partial charge in [-0.2, -0.15) is 13.5 Å². The van der Waals surface area contributed by atoms with Gasteiger partial charge in [0.25, 0.3) is 16.0 Å². The van der Waals surface area contributed by atoms with Crippen molar-refractivity contribution in [2.45, 2.75) is 156 Å². The number of Topliss-reactive ketones (excluding diaryl/α,β-unsaturated/α-hetero) is 1. The Hall–Kier alpha value is -8.38. The van der Waals surface area contributed by atoms with E-state index in [0.717, 1.165) is 59.1 Å². The van der Waals surface area contributed by atoms with Crippen LogP contribution < -0.4 is 37.2 Å². The smallest absolute Gasteiger partial charge is 0.410 e. The summed E-state index contributed by atoms with van der Waals surface area (Å²) >= 11 is 4.51. The van der Waals surface area contributed by atoms with Crippen LogP contribution in [0.2, 0.25) is 0 Å². The third-order valence-electron chi connectivity index (χ3n) is 19.9. The van der Waals surface area contributed by atoms with E-state index in [1.54, 1.807) is 56.4 Å². The maximum Gasteiger partial charge on any atom is 0.410 e. The Morgan fingerprint density at radius 3 is 2.27 bits per heavy atom. The van der Waals surface area contributed by atoms with Crippen LogP contribution in [0.15, 0.2) is 85.1 Å². The molecule has 5 aliphatic rings. The number of carbonyl (C=O) groups excluding carboxylic acids is 7. The number of halogens is 1. The van der Waals surface area contributed by atoms with E-state index in [-0.39, 0.29) is 109 Å². The van der Waals surface area contributed by atoms with Gasteiger partial charge in [0, 0.05) is 92.6 Å². The van der Waals surface area contributed by atoms with Crippen LogP contribution in [0.4, 0.5) is 26.2 Å². The first-order valence-corrected chi connectivity index (χ1v) is 37.9. The number of urea groups is 1. The minimum absolute atomic E-state index is 0.0393. The molecule has 0 radical (unpaired) electrons. The second-order valence-corrected chi connectivity index (χ2v) is 32.0. The van der Waals surface area contributed by atoms with Crippen LogP contribution in [0.1, 0.15) is 154 Å². The lowest BCUT2D eigenvalue weighted by molar-refractivity contribution is -0.248. The molecule has 542 valence electrons. The van der Waals surface area contributed by atoms with E-state index in [2.05, 4.69) is 61.3 Å². The van der Waals surface area contributed by atoms with Crippen LogP contribution in [-0.4, -0.2) is 152 Å². The minimum Gasteiger partial charge on any atom is -0.476 e. The molecule has 4 fully saturated rings. The number of carboxylic acids is 1. The summed E-state index contributed by atoms with van der Waals surface area (Å²) in [6.07, 6.45) is 8.96. The van der Waals surface area contributed by atoms with Gasteiger partial charge < -0.3 is 51.4 Å². The number of para-hydroxylation sites is 1. The molecule has 3 aromatic heterocycles. The second kappa shape index (κ2) is 32.3. The van der Waals surface area contributed by atoms with Gasteiger partial charge in [-0.3, -0.25) is 38.5 Å². The van der Waals surface area contributed by atoms with Crippen molar-refractivity contribution in [1.29, 1.82) is 0 Å². The zero-order valence-corrected chi connectivity index (χ0v) is 61.0. The van der Waals surface area contributed by atoms with Gasteiger partial charge in [0.1, 0.15) is 12.4 Å². The highest BCUT2D eigenvalue weighted by atomic mass is 79.9. The first-order chi connectivity index (χ1) is 48.0. The standard InChI is InChI=1S/C72H91BrN12O14S2/c1-45(2)61(81-59(87)18-7-6-10-26-75-60(88)34-73)56(86)33-49(14-12-27-76-66(74)93)63(89)78-50-21-19-47(20-22-50)37-98-68(94)83(30-32-101(95,96)97)29-31-99-72-41-69(4)38-70(5,42-72)40-71(39-69,43-72)44-85-46(3)53(35-77-85)51-23-24-58(80-62(51)65(91)92)84-28-25-48-13-11-15-52(54(48)36-84)64(90)82-67-79-55-16-8-9-17-57(55)100-67/h8-9,11,13,15-17,19-24,35,45,49,61H,6-7,10,12,14,18,25-34,36-44H2,1-5H3,(H,75,88)(H,78,89)(H,81,87)(H,91,92)(H3,74,76,93)(H,79,82,90)(H,95,96,97)/t49-,61+,69?,70?,71?,72?/m1/s1. The number of unbranched alkanes of at least 4 members (excludes halogenated alkanes) is 2. The van der Waals surface area contributed by atoms with E-state index >= 15 is 0 Å². The molecule has 4 aliphatic carbocycles. The summed E-state index contributed by atoms with van der Waals surface area (Å²) in [5, 5.41) is 30.4. The number of hydrogen-bond acceptors (Lipinski definition) is 17. The van der Waals surface area contributed by atoms with Gasteiger partial charge in [0.05, 0.1) is 45.7 Å². The highest BCUT2D eigenvalue weighted by molar-refractivity contribution is 9.09. The normalized spacial score (nSPS) is 20.4. The van der Waals surface area contributed by atoms with Gasteiger partial charge in [0.15, 0.2) is 16.6 Å². The molecule has 4 saturated carbocycles. The number of aromatic nitrogens is 4. The van der Waals surface area contributed by atoms with Gasteiger partial charge in [-0.25, -0.2) is 24.4 Å². The number of pyridine rings is 1. The molecule has 4 atom stereocenters. The molecule has 0 spiro atoms. The number of aromatic carboxylic acids is 1. The van der Waals surface area contributed by atoms with Crippen LogP contribution in [0.25, 0.3) is 21.3 Å². The average molecular weight is 1490 g/mol. The molecule has 101 heavy (non-hydrogen) atoms. The summed E-state index contributed by atoms with van der Waals surface area (Å²) in [5.74, 6) is -4.10. The predicted octanol–water partition coefficient (Wildman–Crippen LogP) is 10.2. The Morgan fingerprint density at radius 2 is 1.56 bits per heavy atom. The van der Waals surface area contributed by atoms with Crippen molar-refractivity contribution in [2.24, 2.45) is 33.8 Å². The maximum absolute atomic E-state index is 13.9. The Kier molecular flexibility index (Phi) is 24.1. The number of hydrogen-bond donors (Lipinski definition) is 8. The number of ketones is 1. The number of nitrogens with two attached hydrogens (primary N) is 1. The monoisotopic (exact) mass is 1490 g/mol. The SMILES string of the molecule is Cc1c(-c2ccc(N3CCc4cccc(C(=O)Nc5nc6ccccc6s5)c4C3)nc2C(=O)O)cnn1CC12CC3(C)CC(C)(C1)CC(OCCN(CCS(=O)(=O)O)C(=O)OCc1ccc(NC(=O)[C@H](CCCNC(N)=O)CC(=O)[C@@H](NC(=O)CCCCCNC(=O)CBr)C(C)C)cc1)(C3)C2. The number of ether oxygens (including phenoxy) is 2. The third-order valence-corrected chi connectivity index (χ3v) is 22.1. The molecule has 29 heteroatoms. The number of thiazole rings is 1. The van der Waals surface area contributed by atoms with E-state index in [0.29, 0.717) is 104 Å². The molecular formula is C72H91BrN12O14S2. The van der Waals surface area contributed by atoms with Crippen molar-refractivity contribution in [3.05, 3.63) is 119 Å². The largest absolute Gasteiger partial charge is 0.476 e. The summed E-state index contributed by atoms with van der Waals surface area (Å²) in [7, 11) is -4.50. The molecule has 4 heterocycles. The molecule has 7 amide bonds. The number of nitrogens with zero attached hydrogens (tertiary/aromatic N) is 6. The Bertz CT molecular complexity index is 4130. The predicted molar refractivity (Wildman–Crippen MR) is 386 cm³/mol. The number of benzene rings is 3. The summed E-state index contributed by atoms with van der Waals surface area (Å²) < 4.78 is 49.7. The van der Waals surface area contributed by atoms with E-state index in [4.69, 9.17) is 25.3 Å². The van der Waals surface area contributed by atoms with Crippen molar-refractivity contribution in [2.75, 3.05) is 65.9 Å². The van der Waals surface area contributed by atoms with E-state index in [1.807, 2.05) is 59.0 Å². The van der Waals surface area contributed by atoms with E-state index in [1.165, 1.54) is 16.2 Å². The van der Waals surface area contributed by atoms with Crippen LogP contribution in [0.5, 0.6) is 0 Å². The number of nitrogens with one attached hydrogen (secondary N) is 5. The van der Waals surface area contributed by atoms with Gasteiger partial charge in [-0.05, 0) is 159 Å². The van der Waals surface area contributed by atoms with Crippen molar-refractivity contribution in [3.63, 3.8) is 0 Å². The van der Waals surface area contributed by atoms with Crippen LogP contribution in [-0.2, 0) is 64.9 Å². The number of fused-ring (bicyclic) bond motifs is 2. The number of rotatable bonds is 34. The molecule has 9 N–H and O–H groups in total. The zero-order chi connectivity index (χ0) is 72.4. The molecule has 3 aromatic carbocycles. The highest BCUT2D eigenvalue weighted by Crippen LogP contribution is 2.72. The van der Waals surface area contributed by atoms with Gasteiger partial charge in [0.2, 0.25) is 17.7 Å². The Labute approximate surface area is 600 Å². The van der Waals surface area contributed by atoms with Crippen molar-refractivity contribution >= 4 is 112 Å². The summed E-state index contributed by atoms with van der Waals surface area (Å²) in [4.78, 5) is 117. The Balaban J connectivity index is 0.753. The number of carboxylic acid groups (broad SMARTS) is 1. The maximum atomic E-state index is 13.9. The molecule has 11 rings (SSSR count). The van der Waals surface area contributed by atoms with Crippen molar-refractivity contribution in [1.82, 2.24) is 40.6 Å². The fourth-order valence-electron chi connectivity index (χ4n) is 16.5. The topological polar surface area (TPSA) is 366 Å². The minimum atomic E-state index is -4.50. The lowest BCUT2D eigenvalue weighted by Gasteiger charge is -2.69. The Morgan fingerprint density at radius 1 is 0.822 bits per heavy atom. The number of anilines is 3. The van der Waals surface area contributed by atoms with Crippen molar-refractivity contribution < 1.29 is 65.9 Å². The van der Waals surface area contributed by atoms with Gasteiger partial charge in [-0.1, -0.05) is 97.8 Å². The quantitative estimate of drug-likeness (QED) is 0.0106.